The normalized spacial score (nSPS) is 13.9. The molecule has 7 aromatic rings. The number of fused-ring (bicyclic) bond motifs is 2. The molecule has 0 spiro atoms. The third-order valence-corrected chi connectivity index (χ3v) is 14.4. The predicted molar refractivity (Wildman–Crippen MR) is 288 cm³/mol. The van der Waals surface area contributed by atoms with Crippen molar-refractivity contribution in [3.63, 3.8) is 0 Å². The number of nitrogens with zero attached hydrogens (tertiary/aromatic N) is 1. The maximum absolute atomic E-state index is 13.2. The van der Waals surface area contributed by atoms with Gasteiger partial charge in [-0.1, -0.05) is 146 Å². The minimum absolute atomic E-state index is 0.229. The van der Waals surface area contributed by atoms with Gasteiger partial charge in [0.2, 0.25) is 5.91 Å². The van der Waals surface area contributed by atoms with Gasteiger partial charge in [-0.05, 0) is 98.6 Å². The fraction of sp³-hybridized carbons (Fsp3) is 0.153. The third kappa shape index (κ3) is 12.0. The number of nitrogens with one attached hydrogen (secondary N) is 1. The number of aromatic hydroxyl groups is 2. The van der Waals surface area contributed by atoms with Gasteiger partial charge in [0.15, 0.2) is 6.04 Å². The van der Waals surface area contributed by atoms with Crippen molar-refractivity contribution >= 4 is 80.1 Å². The van der Waals surface area contributed by atoms with Crippen LogP contribution in [0.15, 0.2) is 194 Å². The van der Waals surface area contributed by atoms with E-state index in [0.29, 0.717) is 24.3 Å². The zero-order valence-electron chi connectivity index (χ0n) is 39.0. The van der Waals surface area contributed by atoms with Crippen LogP contribution in [0, 0.1) is 0 Å². The summed E-state index contributed by atoms with van der Waals surface area (Å²) >= 11 is 3.12. The molecule has 1 aliphatic rings. The molecule has 7 aromatic carbocycles. The maximum Gasteiger partial charge on any atom is 0.331 e. The Labute approximate surface area is 417 Å². The molecule has 0 fully saturated rings. The van der Waals surface area contributed by atoms with Gasteiger partial charge in [0.05, 0.1) is 24.0 Å². The Balaban J connectivity index is 0.000000243. The molecule has 0 aromatic heterocycles. The number of hydrogen-bond donors (Lipinski definition) is 3. The second kappa shape index (κ2) is 24.1. The molecule has 8 rings (SSSR count). The van der Waals surface area contributed by atoms with E-state index in [1.54, 1.807) is 53.9 Å². The van der Waals surface area contributed by atoms with E-state index in [-0.39, 0.29) is 17.5 Å². The highest BCUT2D eigenvalue weighted by molar-refractivity contribution is 8.14. The summed E-state index contributed by atoms with van der Waals surface area (Å²) < 4.78 is 9.20. The Morgan fingerprint density at radius 2 is 1.20 bits per heavy atom. The number of rotatable bonds is 17. The van der Waals surface area contributed by atoms with Crippen LogP contribution < -0.4 is 5.32 Å². The van der Waals surface area contributed by atoms with Gasteiger partial charge in [0.25, 0.3) is 0 Å². The number of ether oxygens (including phenoxy) is 2. The number of phenolic OH excluding ortho intramolecular Hbond substituents is 2. The van der Waals surface area contributed by atoms with Gasteiger partial charge in [0.1, 0.15) is 17.5 Å². The molecule has 0 unspecified atom stereocenters. The summed E-state index contributed by atoms with van der Waals surface area (Å²) in [6.07, 6.45) is 11.7. The molecule has 0 aliphatic carbocycles. The van der Waals surface area contributed by atoms with Crippen molar-refractivity contribution in [1.82, 2.24) is 5.32 Å². The first-order valence-corrected chi connectivity index (χ1v) is 24.6. The summed E-state index contributed by atoms with van der Waals surface area (Å²) in [7, 11) is 2.71. The van der Waals surface area contributed by atoms with E-state index >= 15 is 0 Å². The molecule has 3 N–H and O–H groups in total. The second-order valence-electron chi connectivity index (χ2n) is 16.2. The number of thioether (sulfide) groups is 2. The van der Waals surface area contributed by atoms with Crippen LogP contribution in [0.4, 0.5) is 0 Å². The van der Waals surface area contributed by atoms with Crippen LogP contribution in [-0.4, -0.2) is 70.9 Å². The Morgan fingerprint density at radius 1 is 0.700 bits per heavy atom. The Bertz CT molecular complexity index is 2980. The van der Waals surface area contributed by atoms with E-state index in [2.05, 4.69) is 65.9 Å². The van der Waals surface area contributed by atoms with Crippen LogP contribution in [0.1, 0.15) is 38.9 Å². The molecule has 0 saturated heterocycles. The summed E-state index contributed by atoms with van der Waals surface area (Å²) in [5.74, 6) is 0.177. The molecule has 1 heterocycles. The molecule has 11 heteroatoms. The lowest BCUT2D eigenvalue weighted by molar-refractivity contribution is -0.144. The van der Waals surface area contributed by atoms with Crippen LogP contribution in [0.2, 0.25) is 0 Å². The van der Waals surface area contributed by atoms with Crippen LogP contribution >= 0.6 is 23.5 Å². The largest absolute Gasteiger partial charge is 0.508 e. The van der Waals surface area contributed by atoms with Crippen molar-refractivity contribution in [3.8, 4) is 11.5 Å². The fourth-order valence-corrected chi connectivity index (χ4v) is 10.8. The molecule has 0 bridgehead atoms. The summed E-state index contributed by atoms with van der Waals surface area (Å²) in [6.45, 7) is 7.53. The van der Waals surface area contributed by atoms with Crippen LogP contribution in [0.5, 0.6) is 11.5 Å². The number of hydrogen-bond acceptors (Lipinski definition) is 10. The highest BCUT2D eigenvalue weighted by atomic mass is 32.2. The van der Waals surface area contributed by atoms with E-state index in [1.165, 1.54) is 20.3 Å². The number of benzene rings is 7. The number of carbonyl (C=O) groups is 3. The van der Waals surface area contributed by atoms with Gasteiger partial charge in [0, 0.05) is 28.7 Å². The number of methoxy groups -OCH3 is 2. The predicted octanol–water partition coefficient (Wildman–Crippen LogP) is 11.6. The van der Waals surface area contributed by atoms with Crippen LogP contribution in [0.3, 0.4) is 0 Å². The van der Waals surface area contributed by atoms with Crippen molar-refractivity contribution in [2.45, 2.75) is 29.7 Å². The quantitative estimate of drug-likeness (QED) is 0.0353. The molecule has 0 radical (unpaired) electrons. The van der Waals surface area contributed by atoms with E-state index in [4.69, 9.17) is 9.47 Å². The highest BCUT2D eigenvalue weighted by Gasteiger charge is 2.38. The smallest absolute Gasteiger partial charge is 0.331 e. The Morgan fingerprint density at radius 3 is 1.67 bits per heavy atom. The van der Waals surface area contributed by atoms with Gasteiger partial charge >= 0.3 is 11.9 Å². The zero-order chi connectivity index (χ0) is 49.5. The topological polar surface area (TPSA) is 135 Å². The van der Waals surface area contributed by atoms with E-state index in [0.717, 1.165) is 65.5 Å². The molecule has 1 amide bonds. The van der Waals surface area contributed by atoms with Gasteiger partial charge < -0.3 is 25.0 Å². The lowest BCUT2D eigenvalue weighted by Crippen LogP contribution is -2.43. The van der Waals surface area contributed by atoms with Crippen molar-refractivity contribution in [2.24, 2.45) is 4.99 Å². The lowest BCUT2D eigenvalue weighted by atomic mass is 9.84. The van der Waals surface area contributed by atoms with E-state index < -0.39 is 28.7 Å². The summed E-state index contributed by atoms with van der Waals surface area (Å²) in [4.78, 5) is 42.0. The van der Waals surface area contributed by atoms with Crippen LogP contribution in [-0.2, 0) is 41.4 Å². The van der Waals surface area contributed by atoms with Crippen LogP contribution in [0.25, 0.3) is 33.7 Å². The maximum atomic E-state index is 13.2. The molecule has 1 aliphatic heterocycles. The molecular formula is C59H54N2O7S2. The van der Waals surface area contributed by atoms with Crippen molar-refractivity contribution in [2.75, 3.05) is 25.7 Å². The monoisotopic (exact) mass is 966 g/mol. The Kier molecular flexibility index (Phi) is 17.3. The number of esters is 2. The number of allylic oxidation sites excluding steroid dienone is 2. The molecular weight excluding hydrogens is 913 g/mol. The van der Waals surface area contributed by atoms with Gasteiger partial charge in [-0.25, -0.2) is 9.59 Å². The minimum atomic E-state index is -0.895. The van der Waals surface area contributed by atoms with Crippen molar-refractivity contribution < 1.29 is 34.1 Å². The zero-order valence-corrected chi connectivity index (χ0v) is 40.6. The van der Waals surface area contributed by atoms with Gasteiger partial charge in [-0.3, -0.25) is 9.79 Å². The van der Waals surface area contributed by atoms with Crippen molar-refractivity contribution in [1.29, 1.82) is 0 Å². The first-order chi connectivity index (χ1) is 34.1. The average Bonchev–Trinajstić information content (AvgIpc) is 3.89. The minimum Gasteiger partial charge on any atom is -0.508 e. The molecule has 2 atom stereocenters. The Hall–Kier alpha value is -7.60. The molecule has 0 saturated carbocycles. The molecule has 70 heavy (non-hydrogen) atoms. The summed E-state index contributed by atoms with van der Waals surface area (Å²) in [5.41, 5.74) is 6.72. The first kappa shape index (κ1) is 50.3. The number of phenols is 2. The van der Waals surface area contributed by atoms with E-state index in [1.807, 2.05) is 109 Å². The van der Waals surface area contributed by atoms with Crippen molar-refractivity contribution in [3.05, 3.63) is 228 Å². The van der Waals surface area contributed by atoms with E-state index in [9.17, 15) is 24.6 Å². The number of aliphatic imine (C=N–C) groups is 1. The SMILES string of the molecule is C=CCc1c(O)ccc2cc(/C=C/C(=O)N[C@H](CSC(c3ccccc3)(c3ccccc3)c3ccccc3)C(=O)OC)ccc12.C=CCc1c(O)ccc2cc(/C=C/C3=N[C@@H](C(=O)OC)CS3)ccc12. The second-order valence-corrected chi connectivity index (χ2v) is 18.5. The third-order valence-electron chi connectivity index (χ3n) is 11.8. The average molecular weight is 967 g/mol. The lowest BCUT2D eigenvalue weighted by Gasteiger charge is -2.36. The summed E-state index contributed by atoms with van der Waals surface area (Å²) in [5, 5.41) is 27.9. The van der Waals surface area contributed by atoms with Gasteiger partial charge in [-0.2, -0.15) is 0 Å². The standard InChI is InChI=1S/C39H35NO4S.C20H19NO3S/c1-3-13-34-33-23-20-28(26-29(33)22-24-36(34)41)21-25-37(42)40-35(38(43)44-2)27-45-39(30-14-7-4-8-15-30,31-16-9-5-10-17-31)32-18-11-6-12-19-32;1-3-4-16-15-8-5-13(11-14(15)7-9-18(16)22)6-10-19-21-17(12-25-19)20(23)24-2/h3-12,14-26,35,41H,1,13,27H2,2H3,(H,40,42);3,5-11,17,22H,1,4,12H2,2H3/b25-21+;10-6+/t35-;17-/m11/s1. The number of amides is 1. The summed E-state index contributed by atoms with van der Waals surface area (Å²) in [6, 6.07) is 48.2. The molecule has 354 valence electrons. The fourth-order valence-electron chi connectivity index (χ4n) is 8.31. The molecule has 9 nitrogen and oxygen atoms in total. The first-order valence-electron chi connectivity index (χ1n) is 22.6. The highest BCUT2D eigenvalue weighted by Crippen LogP contribution is 2.48. The number of carbonyl (C=O) groups excluding carboxylic acids is 3. The van der Waals surface area contributed by atoms with Gasteiger partial charge in [-0.15, -0.1) is 36.7 Å².